The van der Waals surface area contributed by atoms with Crippen molar-refractivity contribution < 1.29 is 28.6 Å². The minimum Gasteiger partial charge on any atom is -0.493 e. The average Bonchev–Trinajstić information content (AvgIpc) is 2.99. The topological polar surface area (TPSA) is 94.2 Å². The minimum absolute atomic E-state index is 0.226. The Kier molecular flexibility index (Phi) is 8.99. The smallest absolute Gasteiger partial charge is 0.335 e. The molecule has 43 heavy (non-hydrogen) atoms. The van der Waals surface area contributed by atoms with Crippen molar-refractivity contribution in [3.05, 3.63) is 123 Å². The van der Waals surface area contributed by atoms with Crippen LogP contribution in [0.25, 0.3) is 6.08 Å². The Balaban J connectivity index is 1.33. The number of anilines is 1. The molecular formula is C33H26Cl2N2O6. The van der Waals surface area contributed by atoms with Crippen LogP contribution in [0, 0.1) is 6.92 Å². The highest BCUT2D eigenvalue weighted by molar-refractivity contribution is 6.39. The highest BCUT2D eigenvalue weighted by Gasteiger charge is 2.37. The molecule has 4 amide bonds. The van der Waals surface area contributed by atoms with Crippen LogP contribution in [0.1, 0.15) is 22.3 Å². The van der Waals surface area contributed by atoms with Gasteiger partial charge in [-0.25, -0.2) is 9.69 Å². The third kappa shape index (κ3) is 6.99. The van der Waals surface area contributed by atoms with E-state index in [2.05, 4.69) is 5.32 Å². The Morgan fingerprint density at radius 1 is 0.814 bits per heavy atom. The number of barbiturate groups is 1. The second kappa shape index (κ2) is 13.0. The number of hydrogen-bond acceptors (Lipinski definition) is 6. The van der Waals surface area contributed by atoms with Gasteiger partial charge in [-0.2, -0.15) is 0 Å². The summed E-state index contributed by atoms with van der Waals surface area (Å²) in [6, 6.07) is 23.8. The maximum atomic E-state index is 13.4. The molecule has 0 unspecified atom stereocenters. The standard InChI is InChI=1S/C33H26Cl2N2O6/c1-20-3-5-21(6-4-20)19-43-30-28(35)16-23(17-29(30)41-2)15-27-31(38)36-33(40)37(32(27)39)25-11-13-26(14-12-25)42-18-22-7-9-24(34)10-8-22/h3-17H,18-19H2,1-2H3,(H,36,38,40)/b27-15+. The summed E-state index contributed by atoms with van der Waals surface area (Å²) < 4.78 is 17.2. The van der Waals surface area contributed by atoms with Crippen molar-refractivity contribution in [2.45, 2.75) is 20.1 Å². The third-order valence-electron chi connectivity index (χ3n) is 6.58. The number of urea groups is 1. The molecule has 1 heterocycles. The molecule has 10 heteroatoms. The largest absolute Gasteiger partial charge is 0.493 e. The summed E-state index contributed by atoms with van der Waals surface area (Å²) in [4.78, 5) is 39.7. The number of carbonyl (C=O) groups excluding carboxylic acids is 3. The SMILES string of the molecule is COc1cc(/C=C2\C(=O)NC(=O)N(c3ccc(OCc4ccc(Cl)cc4)cc3)C2=O)cc(Cl)c1OCc1ccc(C)cc1. The van der Waals surface area contributed by atoms with E-state index < -0.39 is 17.8 Å². The number of aryl methyl sites for hydroxylation is 1. The van der Waals surface area contributed by atoms with Gasteiger partial charge in [-0.15, -0.1) is 0 Å². The van der Waals surface area contributed by atoms with Crippen molar-refractivity contribution >= 4 is 52.8 Å². The number of carbonyl (C=O) groups is 3. The highest BCUT2D eigenvalue weighted by Crippen LogP contribution is 2.38. The molecule has 0 saturated carbocycles. The molecule has 1 fully saturated rings. The fourth-order valence-electron chi connectivity index (χ4n) is 4.30. The predicted molar refractivity (Wildman–Crippen MR) is 165 cm³/mol. The lowest BCUT2D eigenvalue weighted by atomic mass is 10.1. The van der Waals surface area contributed by atoms with Crippen molar-refractivity contribution in [1.82, 2.24) is 5.32 Å². The first-order valence-corrected chi connectivity index (χ1v) is 13.9. The van der Waals surface area contributed by atoms with Crippen molar-refractivity contribution in [2.24, 2.45) is 0 Å². The molecule has 0 aromatic heterocycles. The Labute approximate surface area is 258 Å². The summed E-state index contributed by atoms with van der Waals surface area (Å²) in [7, 11) is 1.46. The van der Waals surface area contributed by atoms with Crippen LogP contribution < -0.4 is 24.4 Å². The van der Waals surface area contributed by atoms with Crippen LogP contribution in [0.2, 0.25) is 10.0 Å². The quantitative estimate of drug-likeness (QED) is 0.159. The molecule has 0 radical (unpaired) electrons. The second-order valence-corrected chi connectivity index (χ2v) is 10.5. The summed E-state index contributed by atoms with van der Waals surface area (Å²) in [6.07, 6.45) is 1.35. The summed E-state index contributed by atoms with van der Waals surface area (Å²) in [5.74, 6) is -0.456. The molecule has 0 atom stereocenters. The number of nitrogens with zero attached hydrogens (tertiary/aromatic N) is 1. The molecule has 4 aromatic carbocycles. The van der Waals surface area contributed by atoms with Crippen LogP contribution in [-0.2, 0) is 22.8 Å². The Bertz CT molecular complexity index is 1700. The van der Waals surface area contributed by atoms with Crippen molar-refractivity contribution in [1.29, 1.82) is 0 Å². The van der Waals surface area contributed by atoms with Crippen LogP contribution in [0.3, 0.4) is 0 Å². The van der Waals surface area contributed by atoms with Crippen molar-refractivity contribution in [2.75, 3.05) is 12.0 Å². The number of rotatable bonds is 9. The second-order valence-electron chi connectivity index (χ2n) is 9.68. The summed E-state index contributed by atoms with van der Waals surface area (Å²) in [6.45, 7) is 2.57. The zero-order valence-electron chi connectivity index (χ0n) is 23.2. The molecule has 218 valence electrons. The fourth-order valence-corrected chi connectivity index (χ4v) is 4.70. The Morgan fingerprint density at radius 3 is 2.09 bits per heavy atom. The van der Waals surface area contributed by atoms with E-state index in [4.69, 9.17) is 37.4 Å². The summed E-state index contributed by atoms with van der Waals surface area (Å²) in [5.41, 5.74) is 3.42. The van der Waals surface area contributed by atoms with Crippen LogP contribution >= 0.6 is 23.2 Å². The van der Waals surface area contributed by atoms with E-state index in [1.165, 1.54) is 13.2 Å². The van der Waals surface area contributed by atoms with E-state index in [-0.39, 0.29) is 22.9 Å². The van der Waals surface area contributed by atoms with E-state index in [0.29, 0.717) is 34.4 Å². The monoisotopic (exact) mass is 616 g/mol. The third-order valence-corrected chi connectivity index (χ3v) is 7.11. The maximum Gasteiger partial charge on any atom is 0.335 e. The number of halogens is 2. The fraction of sp³-hybridized carbons (Fsp3) is 0.121. The lowest BCUT2D eigenvalue weighted by Gasteiger charge is -2.26. The van der Waals surface area contributed by atoms with Gasteiger partial charge in [0.1, 0.15) is 24.5 Å². The van der Waals surface area contributed by atoms with Gasteiger partial charge in [0.15, 0.2) is 11.5 Å². The van der Waals surface area contributed by atoms with Crippen LogP contribution in [-0.4, -0.2) is 25.0 Å². The molecule has 0 spiro atoms. The van der Waals surface area contributed by atoms with Crippen LogP contribution in [0.4, 0.5) is 10.5 Å². The van der Waals surface area contributed by atoms with Gasteiger partial charge in [0.2, 0.25) is 0 Å². The number of nitrogens with one attached hydrogen (secondary N) is 1. The zero-order chi connectivity index (χ0) is 30.5. The molecule has 0 bridgehead atoms. The van der Waals surface area contributed by atoms with Gasteiger partial charge in [-0.1, -0.05) is 65.2 Å². The maximum absolute atomic E-state index is 13.4. The minimum atomic E-state index is -0.863. The van der Waals surface area contributed by atoms with Crippen LogP contribution in [0.15, 0.2) is 90.5 Å². The molecule has 1 saturated heterocycles. The summed E-state index contributed by atoms with van der Waals surface area (Å²) >= 11 is 12.4. The number of amides is 4. The van der Waals surface area contributed by atoms with Gasteiger partial charge in [-0.05, 0) is 78.2 Å². The van der Waals surface area contributed by atoms with Crippen LogP contribution in [0.5, 0.6) is 17.2 Å². The number of hydrogen-bond donors (Lipinski definition) is 1. The normalized spacial score (nSPS) is 14.1. The highest BCUT2D eigenvalue weighted by atomic mass is 35.5. The van der Waals surface area contributed by atoms with Crippen molar-refractivity contribution in [3.8, 4) is 17.2 Å². The molecular weight excluding hydrogens is 591 g/mol. The number of methoxy groups -OCH3 is 1. The average molecular weight is 617 g/mol. The van der Waals surface area contributed by atoms with E-state index in [1.54, 1.807) is 48.5 Å². The zero-order valence-corrected chi connectivity index (χ0v) is 24.7. The first kappa shape index (κ1) is 29.7. The molecule has 1 aliphatic rings. The molecule has 1 aliphatic heterocycles. The van der Waals surface area contributed by atoms with E-state index in [9.17, 15) is 14.4 Å². The molecule has 4 aromatic rings. The predicted octanol–water partition coefficient (Wildman–Crippen LogP) is 7.13. The van der Waals surface area contributed by atoms with Gasteiger partial charge in [-0.3, -0.25) is 14.9 Å². The first-order chi connectivity index (χ1) is 20.7. The molecule has 1 N–H and O–H groups in total. The van der Waals surface area contributed by atoms with Gasteiger partial charge in [0, 0.05) is 5.02 Å². The van der Waals surface area contributed by atoms with Gasteiger partial charge in [0.05, 0.1) is 17.8 Å². The molecule has 8 nitrogen and oxygen atoms in total. The van der Waals surface area contributed by atoms with E-state index in [1.807, 2.05) is 43.3 Å². The van der Waals surface area contributed by atoms with Gasteiger partial charge in [0.25, 0.3) is 11.8 Å². The van der Waals surface area contributed by atoms with E-state index >= 15 is 0 Å². The Hall–Kier alpha value is -4.79. The van der Waals surface area contributed by atoms with Gasteiger partial charge < -0.3 is 14.2 Å². The summed E-state index contributed by atoms with van der Waals surface area (Å²) in [5, 5.41) is 3.08. The van der Waals surface area contributed by atoms with Crippen molar-refractivity contribution in [3.63, 3.8) is 0 Å². The van der Waals surface area contributed by atoms with E-state index in [0.717, 1.165) is 21.6 Å². The Morgan fingerprint density at radius 2 is 1.44 bits per heavy atom. The number of ether oxygens (including phenoxy) is 3. The molecule has 5 rings (SSSR count). The lowest BCUT2D eigenvalue weighted by molar-refractivity contribution is -0.122. The number of imide groups is 2. The first-order valence-electron chi connectivity index (χ1n) is 13.2. The number of benzene rings is 4. The van der Waals surface area contributed by atoms with Gasteiger partial charge >= 0.3 is 6.03 Å². The molecule has 0 aliphatic carbocycles. The lowest BCUT2D eigenvalue weighted by Crippen LogP contribution is -2.54.